The molecular weight excluding hydrogens is 182 g/mol. The summed E-state index contributed by atoms with van der Waals surface area (Å²) in [4.78, 5) is 0. The van der Waals surface area contributed by atoms with Crippen LogP contribution in [-0.4, -0.2) is 21.4 Å². The molecule has 2 unspecified atom stereocenters. The van der Waals surface area contributed by atoms with Gasteiger partial charge in [0.2, 0.25) is 0 Å². The first-order chi connectivity index (χ1) is 6.08. The Bertz CT molecular complexity index is 135. The van der Waals surface area contributed by atoms with Gasteiger partial charge in [-0.3, -0.25) is 0 Å². The lowest BCUT2D eigenvalue weighted by Gasteiger charge is -2.28. The highest BCUT2D eigenvalue weighted by molar-refractivity contribution is 6.65. The average molecular weight is 205 g/mol. The molecule has 0 aromatic carbocycles. The Morgan fingerprint density at radius 2 is 1.92 bits per heavy atom. The Morgan fingerprint density at radius 3 is 2.31 bits per heavy atom. The van der Waals surface area contributed by atoms with Crippen molar-refractivity contribution >= 4 is 8.56 Å². The number of rotatable bonds is 7. The zero-order valence-corrected chi connectivity index (χ0v) is 10.3. The molecule has 0 rings (SSSR count). The normalized spacial score (nSPS) is 18.2. The van der Waals surface area contributed by atoms with E-state index >= 15 is 0 Å². The van der Waals surface area contributed by atoms with Crippen molar-refractivity contribution in [2.45, 2.75) is 52.4 Å². The molecule has 0 aliphatic heterocycles. The third kappa shape index (κ3) is 5.41. The molecular formula is C9H23NO2Si. The van der Waals surface area contributed by atoms with Gasteiger partial charge in [0.05, 0.1) is 6.23 Å². The average Bonchev–Trinajstić information content (AvgIpc) is 2.14. The summed E-state index contributed by atoms with van der Waals surface area (Å²) in [5, 5.41) is 0. The fourth-order valence-electron chi connectivity index (χ4n) is 0.941. The molecule has 0 bridgehead atoms. The van der Waals surface area contributed by atoms with E-state index in [1.54, 1.807) is 0 Å². The summed E-state index contributed by atoms with van der Waals surface area (Å²) in [6.45, 7) is 9.09. The van der Waals surface area contributed by atoms with Crippen molar-refractivity contribution in [3.8, 4) is 0 Å². The molecule has 2 N–H and O–H groups in total. The number of nitrogens with two attached hydrogens (primary N) is 1. The monoisotopic (exact) mass is 205 g/mol. The van der Waals surface area contributed by atoms with Crippen molar-refractivity contribution in [3.63, 3.8) is 0 Å². The molecule has 13 heavy (non-hydrogen) atoms. The van der Waals surface area contributed by atoms with E-state index in [-0.39, 0.29) is 6.23 Å². The van der Waals surface area contributed by atoms with Gasteiger partial charge in [-0.15, -0.1) is 0 Å². The predicted octanol–water partition coefficient (Wildman–Crippen LogP) is 2.22. The molecule has 2 atom stereocenters. The van der Waals surface area contributed by atoms with Gasteiger partial charge in [-0.25, -0.2) is 0 Å². The molecule has 3 nitrogen and oxygen atoms in total. The molecule has 4 heteroatoms. The Kier molecular flexibility index (Phi) is 6.58. The maximum Gasteiger partial charge on any atom is 0.335 e. The van der Waals surface area contributed by atoms with Crippen LogP contribution < -0.4 is 5.73 Å². The molecule has 0 amide bonds. The smallest absolute Gasteiger partial charge is 0.335 e. The first-order valence-electron chi connectivity index (χ1n) is 5.15. The van der Waals surface area contributed by atoms with E-state index in [2.05, 4.69) is 20.4 Å². The molecule has 0 spiro atoms. The van der Waals surface area contributed by atoms with Crippen LogP contribution in [0.3, 0.4) is 0 Å². The maximum absolute atomic E-state index is 5.74. The minimum Gasteiger partial charge on any atom is -0.394 e. The van der Waals surface area contributed by atoms with Gasteiger partial charge < -0.3 is 14.6 Å². The zero-order chi connectivity index (χ0) is 10.3. The lowest BCUT2D eigenvalue weighted by molar-refractivity contribution is 0.117. The second kappa shape index (κ2) is 6.54. The summed E-state index contributed by atoms with van der Waals surface area (Å²) in [5.41, 5.74) is 5.74. The highest BCUT2D eigenvalue weighted by atomic mass is 28.4. The standard InChI is InChI=1S/C9H23NO2Si/c1-5-8-11-13(4,7-3)12-9(10)6-2/h9H,5-8,10H2,1-4H3. The van der Waals surface area contributed by atoms with Crippen LogP contribution in [0.25, 0.3) is 0 Å². The summed E-state index contributed by atoms with van der Waals surface area (Å²) in [7, 11) is -1.95. The van der Waals surface area contributed by atoms with Crippen LogP contribution >= 0.6 is 0 Å². The van der Waals surface area contributed by atoms with Crippen LogP contribution in [0, 0.1) is 0 Å². The van der Waals surface area contributed by atoms with Crippen molar-refractivity contribution in [2.24, 2.45) is 5.73 Å². The van der Waals surface area contributed by atoms with E-state index < -0.39 is 8.56 Å². The van der Waals surface area contributed by atoms with Gasteiger partial charge in [-0.2, -0.15) is 0 Å². The van der Waals surface area contributed by atoms with Gasteiger partial charge in [0.1, 0.15) is 0 Å². The van der Waals surface area contributed by atoms with Crippen molar-refractivity contribution in [1.82, 2.24) is 0 Å². The Labute approximate surface area is 82.9 Å². The van der Waals surface area contributed by atoms with Gasteiger partial charge in [-0.05, 0) is 25.4 Å². The number of hydrogen-bond donors (Lipinski definition) is 1. The molecule has 80 valence electrons. The molecule has 0 heterocycles. The Balaban J connectivity index is 3.94. The minimum absolute atomic E-state index is 0.159. The molecule has 0 aromatic rings. The summed E-state index contributed by atoms with van der Waals surface area (Å²) in [6.07, 6.45) is 1.72. The fourth-order valence-corrected chi connectivity index (χ4v) is 2.82. The topological polar surface area (TPSA) is 44.5 Å². The van der Waals surface area contributed by atoms with Crippen LogP contribution in [0.2, 0.25) is 12.6 Å². The fraction of sp³-hybridized carbons (Fsp3) is 1.00. The highest BCUT2D eigenvalue weighted by Crippen LogP contribution is 2.15. The van der Waals surface area contributed by atoms with Gasteiger partial charge >= 0.3 is 8.56 Å². The van der Waals surface area contributed by atoms with Crippen molar-refractivity contribution in [2.75, 3.05) is 6.61 Å². The molecule has 0 fully saturated rings. The quantitative estimate of drug-likeness (QED) is 0.512. The molecule has 0 aromatic heterocycles. The Morgan fingerprint density at radius 1 is 1.31 bits per heavy atom. The summed E-state index contributed by atoms with van der Waals surface area (Å²) in [6, 6.07) is 0.959. The summed E-state index contributed by atoms with van der Waals surface area (Å²) < 4.78 is 11.5. The van der Waals surface area contributed by atoms with Gasteiger partial charge in [-0.1, -0.05) is 20.8 Å². The second-order valence-electron chi connectivity index (χ2n) is 3.40. The summed E-state index contributed by atoms with van der Waals surface area (Å²) in [5.74, 6) is 0. The molecule has 0 aliphatic carbocycles. The van der Waals surface area contributed by atoms with Crippen molar-refractivity contribution < 1.29 is 8.85 Å². The van der Waals surface area contributed by atoms with Crippen LogP contribution in [0.15, 0.2) is 0 Å². The van der Waals surface area contributed by atoms with E-state index in [1.807, 2.05) is 6.92 Å². The number of hydrogen-bond acceptors (Lipinski definition) is 3. The lowest BCUT2D eigenvalue weighted by atomic mass is 10.5. The Hall–Kier alpha value is 0.0969. The van der Waals surface area contributed by atoms with Crippen LogP contribution in [0.5, 0.6) is 0 Å². The SMILES string of the molecule is CCCO[Si](C)(CC)OC(N)CC. The van der Waals surface area contributed by atoms with Gasteiger partial charge in [0.15, 0.2) is 0 Å². The molecule has 0 saturated heterocycles. The van der Waals surface area contributed by atoms with Crippen molar-refractivity contribution in [1.29, 1.82) is 0 Å². The predicted molar refractivity (Wildman–Crippen MR) is 57.7 cm³/mol. The largest absolute Gasteiger partial charge is 0.394 e. The lowest BCUT2D eigenvalue weighted by Crippen LogP contribution is -2.44. The van der Waals surface area contributed by atoms with Crippen molar-refractivity contribution in [3.05, 3.63) is 0 Å². The van der Waals surface area contributed by atoms with E-state index in [0.29, 0.717) is 0 Å². The van der Waals surface area contributed by atoms with Crippen LogP contribution in [-0.2, 0) is 8.85 Å². The first-order valence-corrected chi connectivity index (χ1v) is 7.67. The third-order valence-electron chi connectivity index (χ3n) is 2.06. The first kappa shape index (κ1) is 13.1. The zero-order valence-electron chi connectivity index (χ0n) is 9.30. The molecule has 0 aliphatic rings. The highest BCUT2D eigenvalue weighted by Gasteiger charge is 2.30. The van der Waals surface area contributed by atoms with E-state index in [1.165, 1.54) is 0 Å². The van der Waals surface area contributed by atoms with Gasteiger partial charge in [0, 0.05) is 6.61 Å². The van der Waals surface area contributed by atoms with E-state index in [9.17, 15) is 0 Å². The maximum atomic E-state index is 5.74. The third-order valence-corrected chi connectivity index (χ3v) is 4.96. The van der Waals surface area contributed by atoms with Crippen LogP contribution in [0.1, 0.15) is 33.6 Å². The molecule has 0 radical (unpaired) electrons. The molecule has 0 saturated carbocycles. The minimum atomic E-state index is -1.95. The van der Waals surface area contributed by atoms with Gasteiger partial charge in [0.25, 0.3) is 0 Å². The summed E-state index contributed by atoms with van der Waals surface area (Å²) >= 11 is 0. The van der Waals surface area contributed by atoms with Crippen LogP contribution in [0.4, 0.5) is 0 Å². The second-order valence-corrected chi connectivity index (χ2v) is 6.90. The van der Waals surface area contributed by atoms with E-state index in [4.69, 9.17) is 14.6 Å². The van der Waals surface area contributed by atoms with E-state index in [0.717, 1.165) is 25.5 Å².